The molecular formula is C18H25NO5S. The summed E-state index contributed by atoms with van der Waals surface area (Å²) >= 11 is 1.16. The summed E-state index contributed by atoms with van der Waals surface area (Å²) in [6.07, 6.45) is 4.75. The second-order valence-corrected chi connectivity index (χ2v) is 7.62. The molecule has 0 aromatic carbocycles. The summed E-state index contributed by atoms with van der Waals surface area (Å²) in [5, 5.41) is 13.0. The van der Waals surface area contributed by atoms with Crippen molar-refractivity contribution < 1.29 is 24.2 Å². The van der Waals surface area contributed by atoms with Crippen molar-refractivity contribution in [2.24, 2.45) is 5.41 Å². The van der Waals surface area contributed by atoms with Gasteiger partial charge in [-0.1, -0.05) is 25.7 Å². The zero-order valence-electron chi connectivity index (χ0n) is 14.7. The fraction of sp³-hybridized carbons (Fsp3) is 0.611. The van der Waals surface area contributed by atoms with Gasteiger partial charge in [0.2, 0.25) is 5.91 Å². The first-order valence-electron chi connectivity index (χ1n) is 8.69. The maximum absolute atomic E-state index is 12.4. The van der Waals surface area contributed by atoms with Gasteiger partial charge in [-0.25, -0.2) is 4.79 Å². The number of carboxylic acids is 1. The van der Waals surface area contributed by atoms with Crippen molar-refractivity contribution in [1.29, 1.82) is 0 Å². The molecule has 0 spiro atoms. The number of nitrogens with one attached hydrogen (secondary N) is 1. The topological polar surface area (TPSA) is 92.7 Å². The number of rotatable bonds is 6. The molecule has 0 atom stereocenters. The van der Waals surface area contributed by atoms with Crippen molar-refractivity contribution in [3.8, 4) is 0 Å². The molecule has 0 bridgehead atoms. The number of aryl methyl sites for hydroxylation is 1. The molecule has 1 aliphatic carbocycles. The molecule has 1 amide bonds. The summed E-state index contributed by atoms with van der Waals surface area (Å²) in [4.78, 5) is 36.5. The van der Waals surface area contributed by atoms with E-state index in [9.17, 15) is 19.5 Å². The van der Waals surface area contributed by atoms with E-state index >= 15 is 0 Å². The Hall–Kier alpha value is -1.89. The SMILES string of the molecule is CCOC(=O)c1sc(NC(=O)CC2(C(=O)O)CCCCCC2)cc1C. The highest BCUT2D eigenvalue weighted by molar-refractivity contribution is 7.18. The predicted molar refractivity (Wildman–Crippen MR) is 96.0 cm³/mol. The second-order valence-electron chi connectivity index (χ2n) is 6.57. The van der Waals surface area contributed by atoms with Crippen molar-refractivity contribution >= 4 is 34.2 Å². The highest BCUT2D eigenvalue weighted by Crippen LogP contribution is 2.39. The number of esters is 1. The zero-order valence-corrected chi connectivity index (χ0v) is 15.5. The second kappa shape index (κ2) is 8.47. The number of ether oxygens (including phenoxy) is 1. The first-order chi connectivity index (χ1) is 11.9. The van der Waals surface area contributed by atoms with E-state index in [-0.39, 0.29) is 12.3 Å². The van der Waals surface area contributed by atoms with Gasteiger partial charge in [-0.2, -0.15) is 0 Å². The third kappa shape index (κ3) is 4.81. The van der Waals surface area contributed by atoms with Crippen LogP contribution in [0.3, 0.4) is 0 Å². The first-order valence-corrected chi connectivity index (χ1v) is 9.50. The molecule has 1 aliphatic rings. The van der Waals surface area contributed by atoms with Gasteiger partial charge in [-0.05, 0) is 38.3 Å². The van der Waals surface area contributed by atoms with Crippen LogP contribution in [0.2, 0.25) is 0 Å². The van der Waals surface area contributed by atoms with E-state index in [1.807, 2.05) is 0 Å². The van der Waals surface area contributed by atoms with Crippen LogP contribution in [-0.2, 0) is 14.3 Å². The summed E-state index contributed by atoms with van der Waals surface area (Å²) in [7, 11) is 0. The van der Waals surface area contributed by atoms with Gasteiger partial charge >= 0.3 is 11.9 Å². The van der Waals surface area contributed by atoms with Crippen LogP contribution < -0.4 is 5.32 Å². The Kier molecular flexibility index (Phi) is 6.58. The summed E-state index contributed by atoms with van der Waals surface area (Å²) in [6, 6.07) is 1.72. The monoisotopic (exact) mass is 367 g/mol. The van der Waals surface area contributed by atoms with E-state index < -0.39 is 17.4 Å². The van der Waals surface area contributed by atoms with Gasteiger partial charge in [-0.15, -0.1) is 11.3 Å². The number of hydrogen-bond acceptors (Lipinski definition) is 5. The maximum Gasteiger partial charge on any atom is 0.348 e. The number of hydrogen-bond donors (Lipinski definition) is 2. The molecule has 1 aromatic rings. The smallest absolute Gasteiger partial charge is 0.348 e. The molecule has 25 heavy (non-hydrogen) atoms. The maximum atomic E-state index is 12.4. The van der Waals surface area contributed by atoms with E-state index in [0.717, 1.165) is 42.6 Å². The van der Waals surface area contributed by atoms with Crippen LogP contribution in [0.1, 0.15) is 67.1 Å². The molecule has 7 heteroatoms. The summed E-state index contributed by atoms with van der Waals surface area (Å²) < 4.78 is 4.99. The molecule has 1 saturated carbocycles. The molecule has 1 fully saturated rings. The lowest BCUT2D eigenvalue weighted by Crippen LogP contribution is -2.35. The number of carboxylic acid groups (broad SMARTS) is 1. The van der Waals surface area contributed by atoms with Gasteiger partial charge in [-0.3, -0.25) is 9.59 Å². The molecule has 0 saturated heterocycles. The minimum Gasteiger partial charge on any atom is -0.481 e. The van der Waals surface area contributed by atoms with E-state index in [0.29, 0.717) is 29.3 Å². The summed E-state index contributed by atoms with van der Waals surface area (Å²) in [5.41, 5.74) is -0.238. The van der Waals surface area contributed by atoms with E-state index in [1.54, 1.807) is 19.9 Å². The third-order valence-electron chi connectivity index (χ3n) is 4.65. The van der Waals surface area contributed by atoms with Crippen LogP contribution >= 0.6 is 11.3 Å². The predicted octanol–water partition coefficient (Wildman–Crippen LogP) is 3.99. The van der Waals surface area contributed by atoms with Crippen molar-refractivity contribution in [1.82, 2.24) is 0 Å². The van der Waals surface area contributed by atoms with E-state index in [4.69, 9.17) is 4.74 Å². The number of amides is 1. The van der Waals surface area contributed by atoms with Gasteiger partial charge in [0, 0.05) is 6.42 Å². The molecule has 2 rings (SSSR count). The number of carbonyl (C=O) groups is 3. The Labute approximate surface area is 151 Å². The lowest BCUT2D eigenvalue weighted by Gasteiger charge is -2.27. The summed E-state index contributed by atoms with van der Waals surface area (Å²) in [6.45, 7) is 3.81. The average Bonchev–Trinajstić information content (AvgIpc) is 2.75. The Bertz CT molecular complexity index is 644. The Morgan fingerprint density at radius 3 is 2.44 bits per heavy atom. The minimum absolute atomic E-state index is 0.0337. The number of thiophene rings is 1. The fourth-order valence-corrected chi connectivity index (χ4v) is 4.29. The fourth-order valence-electron chi connectivity index (χ4n) is 3.30. The largest absolute Gasteiger partial charge is 0.481 e. The van der Waals surface area contributed by atoms with Crippen LogP contribution in [0.5, 0.6) is 0 Å². The van der Waals surface area contributed by atoms with Crippen molar-refractivity contribution in [2.75, 3.05) is 11.9 Å². The number of carbonyl (C=O) groups excluding carboxylic acids is 2. The molecule has 0 unspecified atom stereocenters. The molecule has 1 heterocycles. The molecule has 1 aromatic heterocycles. The van der Waals surface area contributed by atoms with Gasteiger partial charge in [0.05, 0.1) is 17.0 Å². The van der Waals surface area contributed by atoms with Gasteiger partial charge in [0.15, 0.2) is 0 Å². The Morgan fingerprint density at radius 1 is 1.24 bits per heavy atom. The molecule has 2 N–H and O–H groups in total. The zero-order chi connectivity index (χ0) is 18.4. The lowest BCUT2D eigenvalue weighted by atomic mass is 9.77. The highest BCUT2D eigenvalue weighted by atomic mass is 32.1. The van der Waals surface area contributed by atoms with Crippen LogP contribution in [0.4, 0.5) is 5.00 Å². The number of anilines is 1. The molecular weight excluding hydrogens is 342 g/mol. The first kappa shape index (κ1) is 19.4. The standard InChI is InChI=1S/C18H25NO5S/c1-3-24-16(21)15-12(2)10-14(25-15)19-13(20)11-18(17(22)23)8-6-4-5-7-9-18/h10H,3-9,11H2,1-2H3,(H,19,20)(H,22,23). The Balaban J connectivity index is 2.07. The van der Waals surface area contributed by atoms with Gasteiger partial charge in [0.1, 0.15) is 4.88 Å². The van der Waals surface area contributed by atoms with Gasteiger partial charge in [0.25, 0.3) is 0 Å². The van der Waals surface area contributed by atoms with Crippen LogP contribution in [0.25, 0.3) is 0 Å². The van der Waals surface area contributed by atoms with Crippen LogP contribution in [0.15, 0.2) is 6.07 Å². The van der Waals surface area contributed by atoms with Gasteiger partial charge < -0.3 is 15.2 Å². The average molecular weight is 367 g/mol. The summed E-state index contributed by atoms with van der Waals surface area (Å²) in [5.74, 6) is -1.61. The highest BCUT2D eigenvalue weighted by Gasteiger charge is 2.40. The normalized spacial score (nSPS) is 16.7. The Morgan fingerprint density at radius 2 is 1.88 bits per heavy atom. The van der Waals surface area contributed by atoms with Crippen molar-refractivity contribution in [3.05, 3.63) is 16.5 Å². The quantitative estimate of drug-likeness (QED) is 0.586. The van der Waals surface area contributed by atoms with Crippen LogP contribution in [-0.4, -0.2) is 29.6 Å². The number of aliphatic carboxylic acids is 1. The van der Waals surface area contributed by atoms with E-state index in [1.165, 1.54) is 0 Å². The van der Waals surface area contributed by atoms with Crippen LogP contribution in [0, 0.1) is 12.3 Å². The minimum atomic E-state index is -0.975. The molecule has 0 radical (unpaired) electrons. The van der Waals surface area contributed by atoms with Crippen molar-refractivity contribution in [3.63, 3.8) is 0 Å². The molecule has 6 nitrogen and oxygen atoms in total. The molecule has 138 valence electrons. The lowest BCUT2D eigenvalue weighted by molar-refractivity contribution is -0.152. The molecule has 0 aliphatic heterocycles. The third-order valence-corrected chi connectivity index (χ3v) is 5.79. The van der Waals surface area contributed by atoms with Crippen molar-refractivity contribution in [2.45, 2.75) is 58.8 Å². The van der Waals surface area contributed by atoms with E-state index in [2.05, 4.69) is 5.32 Å².